The van der Waals surface area contributed by atoms with Gasteiger partial charge in [-0.15, -0.1) is 11.8 Å². The summed E-state index contributed by atoms with van der Waals surface area (Å²) in [6, 6.07) is 2.56. The van der Waals surface area contributed by atoms with E-state index in [-0.39, 0.29) is 22.4 Å². The van der Waals surface area contributed by atoms with Crippen molar-refractivity contribution in [1.29, 1.82) is 0 Å². The highest BCUT2D eigenvalue weighted by Gasteiger charge is 2.54. The van der Waals surface area contributed by atoms with Crippen molar-refractivity contribution >= 4 is 69.7 Å². The molecule has 5 N–H and O–H groups in total. The second kappa shape index (κ2) is 11.4. The smallest absolute Gasteiger partial charge is 0.352 e. The minimum atomic E-state index is -1.32. The number of carboxylic acid groups (broad SMARTS) is 2. The van der Waals surface area contributed by atoms with Crippen molar-refractivity contribution < 1.29 is 34.2 Å². The van der Waals surface area contributed by atoms with E-state index in [4.69, 9.17) is 10.8 Å². The fourth-order valence-corrected chi connectivity index (χ4v) is 5.68. The van der Waals surface area contributed by atoms with Crippen molar-refractivity contribution in [2.75, 3.05) is 18.1 Å². The Bertz CT molecular complexity index is 1330. The maximum absolute atomic E-state index is 12.9. The molecule has 2 unspecified atom stereocenters. The predicted molar refractivity (Wildman–Crippen MR) is 133 cm³/mol. The van der Waals surface area contributed by atoms with Gasteiger partial charge in [-0.1, -0.05) is 16.9 Å². The van der Waals surface area contributed by atoms with Crippen LogP contribution in [0, 0.1) is 0 Å². The number of oxime groups is 1. The number of anilines is 1. The molecule has 37 heavy (non-hydrogen) atoms. The fraction of sp³-hybridized carbons (Fsp3) is 0.200. The number of β-lactam (4-membered cyclic amide) rings is 1. The lowest BCUT2D eigenvalue weighted by Gasteiger charge is -2.49. The van der Waals surface area contributed by atoms with E-state index in [9.17, 15) is 24.3 Å². The van der Waals surface area contributed by atoms with Gasteiger partial charge in [-0.2, -0.15) is 9.36 Å². The number of amides is 2. The van der Waals surface area contributed by atoms with E-state index in [1.807, 2.05) is 6.07 Å². The van der Waals surface area contributed by atoms with Crippen LogP contribution in [0.25, 0.3) is 0 Å². The lowest BCUT2D eigenvalue weighted by molar-refractivity contribution is -0.150. The number of fused-ring (bicyclic) bond motifs is 1. The highest BCUT2D eigenvalue weighted by Crippen LogP contribution is 2.41. The van der Waals surface area contributed by atoms with E-state index in [1.54, 1.807) is 29.9 Å². The van der Waals surface area contributed by atoms with E-state index in [1.165, 1.54) is 23.5 Å². The molecule has 17 heteroatoms. The summed E-state index contributed by atoms with van der Waals surface area (Å²) in [7, 11) is 0. The number of carbonyl (C=O) groups excluding carboxylic acids is 2. The number of carboxylic acids is 2. The number of aliphatic carboxylic acids is 2. The van der Waals surface area contributed by atoms with Gasteiger partial charge >= 0.3 is 11.9 Å². The van der Waals surface area contributed by atoms with Crippen LogP contribution in [0.4, 0.5) is 5.13 Å². The van der Waals surface area contributed by atoms with Crippen LogP contribution >= 0.6 is 35.1 Å². The summed E-state index contributed by atoms with van der Waals surface area (Å²) < 4.78 is 3.87. The molecular weight excluding hydrogens is 546 g/mol. The van der Waals surface area contributed by atoms with Gasteiger partial charge in [0.1, 0.15) is 17.1 Å². The summed E-state index contributed by atoms with van der Waals surface area (Å²) in [5.74, 6) is -4.09. The largest absolute Gasteiger partial charge is 0.479 e. The summed E-state index contributed by atoms with van der Waals surface area (Å²) in [6.45, 7) is -0.826. The van der Waals surface area contributed by atoms with E-state index in [2.05, 4.69) is 29.7 Å². The predicted octanol–water partition coefficient (Wildman–Crippen LogP) is 0.365. The van der Waals surface area contributed by atoms with E-state index < -0.39 is 47.5 Å². The highest BCUT2D eigenvalue weighted by molar-refractivity contribution is 8.02. The molecule has 14 nitrogen and oxygen atoms in total. The lowest BCUT2D eigenvalue weighted by Crippen LogP contribution is -2.71. The molecule has 0 aliphatic carbocycles. The molecule has 0 aromatic carbocycles. The summed E-state index contributed by atoms with van der Waals surface area (Å²) in [5.41, 5.74) is 5.34. The van der Waals surface area contributed by atoms with E-state index in [0.717, 1.165) is 21.3 Å². The van der Waals surface area contributed by atoms with Crippen LogP contribution in [0.15, 0.2) is 57.3 Å². The van der Waals surface area contributed by atoms with Gasteiger partial charge < -0.3 is 26.1 Å². The topological polar surface area (TPSA) is 210 Å². The molecule has 1 fully saturated rings. The molecular formula is C20H17N7O7S3. The molecule has 2 atom stereocenters. The Kier molecular flexibility index (Phi) is 8.04. The number of allylic oxidation sites excluding steroid dienone is 1. The molecule has 2 aromatic rings. The van der Waals surface area contributed by atoms with Gasteiger partial charge in [0.25, 0.3) is 11.8 Å². The van der Waals surface area contributed by atoms with E-state index in [0.29, 0.717) is 5.57 Å². The van der Waals surface area contributed by atoms with Gasteiger partial charge in [0.05, 0.1) is 0 Å². The molecule has 192 valence electrons. The zero-order valence-electron chi connectivity index (χ0n) is 18.5. The SMILES string of the molecule is Nc1nc(/C(=N\OCC(=O)O)C(=O)NC2C(=O)N3C(C(=O)O)=C(/C=C/Sc4cccnc4)CSC23)ns1. The van der Waals surface area contributed by atoms with Gasteiger partial charge in [0, 0.05) is 34.6 Å². The van der Waals surface area contributed by atoms with E-state index >= 15 is 0 Å². The maximum atomic E-state index is 12.9. The van der Waals surface area contributed by atoms with Crippen LogP contribution in [-0.2, 0) is 24.0 Å². The Morgan fingerprint density at radius 2 is 2.19 bits per heavy atom. The number of nitrogen functional groups attached to an aromatic ring is 1. The molecule has 0 bridgehead atoms. The van der Waals surface area contributed by atoms with Crippen LogP contribution in [0.2, 0.25) is 0 Å². The highest BCUT2D eigenvalue weighted by atomic mass is 32.2. The summed E-state index contributed by atoms with van der Waals surface area (Å²) in [4.78, 5) is 63.0. The van der Waals surface area contributed by atoms with Crippen LogP contribution in [0.5, 0.6) is 0 Å². The molecule has 2 aliphatic heterocycles. The first kappa shape index (κ1) is 26.1. The number of pyridine rings is 1. The number of rotatable bonds is 10. The Morgan fingerprint density at radius 3 is 2.84 bits per heavy atom. The number of thioether (sulfide) groups is 2. The van der Waals surface area contributed by atoms with Gasteiger partial charge in [0.15, 0.2) is 5.13 Å². The van der Waals surface area contributed by atoms with Crippen molar-refractivity contribution in [2.24, 2.45) is 5.16 Å². The van der Waals surface area contributed by atoms with Crippen molar-refractivity contribution in [1.82, 2.24) is 24.6 Å². The van der Waals surface area contributed by atoms with Gasteiger partial charge in [0.2, 0.25) is 18.1 Å². The molecule has 2 aliphatic rings. The third kappa shape index (κ3) is 5.89. The lowest BCUT2D eigenvalue weighted by atomic mass is 10.0. The zero-order valence-corrected chi connectivity index (χ0v) is 21.0. The quantitative estimate of drug-likeness (QED) is 0.133. The Labute approximate surface area is 220 Å². The average Bonchev–Trinajstić information content (AvgIpc) is 3.30. The normalized spacial score (nSPS) is 19.4. The molecule has 2 amide bonds. The monoisotopic (exact) mass is 563 g/mol. The number of nitrogens with one attached hydrogen (secondary N) is 1. The summed E-state index contributed by atoms with van der Waals surface area (Å²) in [5, 5.41) is 25.6. The first-order valence-corrected chi connectivity index (χ1v) is 12.9. The number of carbonyl (C=O) groups is 4. The van der Waals surface area contributed by atoms with Crippen LogP contribution in [0.1, 0.15) is 5.82 Å². The van der Waals surface area contributed by atoms with Crippen molar-refractivity contribution in [2.45, 2.75) is 16.3 Å². The molecule has 1 saturated heterocycles. The first-order chi connectivity index (χ1) is 17.8. The van der Waals surface area contributed by atoms with Gasteiger partial charge in [-0.05, 0) is 29.2 Å². The Balaban J connectivity index is 1.49. The van der Waals surface area contributed by atoms with Crippen LogP contribution in [0.3, 0.4) is 0 Å². The minimum absolute atomic E-state index is 0.0287. The minimum Gasteiger partial charge on any atom is -0.479 e. The van der Waals surface area contributed by atoms with Crippen molar-refractivity contribution in [3.63, 3.8) is 0 Å². The van der Waals surface area contributed by atoms with Gasteiger partial charge in [-0.25, -0.2) is 9.59 Å². The number of hydrogen-bond acceptors (Lipinski definition) is 13. The molecule has 0 radical (unpaired) electrons. The fourth-order valence-electron chi connectivity index (χ4n) is 3.26. The first-order valence-electron chi connectivity index (χ1n) is 10.2. The molecule has 0 saturated carbocycles. The molecule has 2 aromatic heterocycles. The number of nitrogens with zero attached hydrogens (tertiary/aromatic N) is 5. The average molecular weight is 564 g/mol. The summed E-state index contributed by atoms with van der Waals surface area (Å²) >= 11 is 3.40. The number of hydrogen-bond donors (Lipinski definition) is 4. The standard InChI is InChI=1S/C20H17N7O7S3/c21-20-24-15(26-37-20)12(25-34-7-11(28)29)16(30)23-13-17(31)27-14(19(32)33)9(8-36-18(13)27)3-5-35-10-2-1-4-22-6-10/h1-6,13,18H,7-8H2,(H,23,30)(H,28,29)(H,32,33)(H2,21,24,26)/b5-3+,25-12+. The second-order valence-corrected chi connectivity index (χ2v) is 10.1. The van der Waals surface area contributed by atoms with Crippen molar-refractivity contribution in [3.05, 3.63) is 53.1 Å². The molecule has 0 spiro atoms. The number of nitrogens with two attached hydrogens (primary N) is 1. The third-order valence-electron chi connectivity index (χ3n) is 4.81. The molecule has 4 heterocycles. The van der Waals surface area contributed by atoms with Crippen LogP contribution in [-0.4, -0.2) is 82.7 Å². The summed E-state index contributed by atoms with van der Waals surface area (Å²) in [6.07, 6.45) is 4.94. The van der Waals surface area contributed by atoms with Gasteiger partial charge in [-0.3, -0.25) is 19.5 Å². The van der Waals surface area contributed by atoms with Crippen LogP contribution < -0.4 is 11.1 Å². The van der Waals surface area contributed by atoms with Crippen molar-refractivity contribution in [3.8, 4) is 0 Å². The zero-order chi connectivity index (χ0) is 26.5. The Hall–Kier alpha value is -3.96. The molecule has 4 rings (SSSR count). The maximum Gasteiger partial charge on any atom is 0.352 e. The third-order valence-corrected chi connectivity index (χ3v) is 7.44. The Morgan fingerprint density at radius 1 is 1.38 bits per heavy atom. The second-order valence-electron chi connectivity index (χ2n) is 7.21. The number of aromatic nitrogens is 3.